The van der Waals surface area contributed by atoms with E-state index in [9.17, 15) is 23.3 Å². The van der Waals surface area contributed by atoms with Crippen LogP contribution in [0.2, 0.25) is 0 Å². The summed E-state index contributed by atoms with van der Waals surface area (Å²) >= 11 is 0. The predicted octanol–water partition coefficient (Wildman–Crippen LogP) is 1.43. The molecule has 1 aliphatic carbocycles. The molecule has 1 aromatic carbocycles. The molecule has 0 N–H and O–H groups in total. The van der Waals surface area contributed by atoms with Gasteiger partial charge in [-0.05, 0) is 36.4 Å². The van der Waals surface area contributed by atoms with E-state index in [0.717, 1.165) is 12.1 Å². The number of nitro benzene ring substituents is 1. The number of carbonyl (C=O) groups is 1. The highest BCUT2D eigenvalue weighted by molar-refractivity contribution is 7.90. The van der Waals surface area contributed by atoms with E-state index in [1.807, 2.05) is 0 Å². The molecule has 0 saturated carbocycles. The van der Waals surface area contributed by atoms with Gasteiger partial charge >= 0.3 is 5.69 Å². The molecule has 2 rings (SSSR count). The first-order valence-corrected chi connectivity index (χ1v) is 7.35. The molecule has 8 nitrogen and oxygen atoms in total. The van der Waals surface area contributed by atoms with Crippen LogP contribution in [-0.4, -0.2) is 31.9 Å². The Morgan fingerprint density at radius 3 is 2.36 bits per heavy atom. The first kappa shape index (κ1) is 15.6. The third-order valence-corrected chi connectivity index (χ3v) is 4.01. The predicted molar refractivity (Wildman–Crippen MR) is 77.6 cm³/mol. The maximum atomic E-state index is 12.2. The number of nitrogens with zero attached hydrogens (tertiary/aromatic N) is 2. The topological polar surface area (TPSA) is 116 Å². The van der Waals surface area contributed by atoms with Crippen molar-refractivity contribution in [3.63, 3.8) is 0 Å². The van der Waals surface area contributed by atoms with Gasteiger partial charge in [0.25, 0.3) is 10.0 Å². The molecule has 1 aromatic rings. The average Bonchev–Trinajstić information content (AvgIpc) is 2.48. The smallest absolute Gasteiger partial charge is 0.312 e. The summed E-state index contributed by atoms with van der Waals surface area (Å²) in [7, 11) is -2.90. The van der Waals surface area contributed by atoms with E-state index in [1.54, 1.807) is 0 Å². The summed E-state index contributed by atoms with van der Waals surface area (Å²) in [6.45, 7) is 0. The number of carbonyl (C=O) groups excluding carboxylic acids is 1. The molecule has 0 aromatic heterocycles. The van der Waals surface area contributed by atoms with Crippen LogP contribution in [-0.2, 0) is 14.8 Å². The zero-order valence-electron chi connectivity index (χ0n) is 11.3. The quantitative estimate of drug-likeness (QED) is 0.470. The third kappa shape index (κ3) is 3.26. The van der Waals surface area contributed by atoms with Gasteiger partial charge in [0.1, 0.15) is 0 Å². The largest absolute Gasteiger partial charge is 0.490 e. The molecule has 0 radical (unpaired) electrons. The van der Waals surface area contributed by atoms with Crippen molar-refractivity contribution in [2.24, 2.45) is 4.40 Å². The molecule has 0 unspecified atom stereocenters. The number of sulfonamides is 1. The molecule has 0 bridgehead atoms. The Bertz CT molecular complexity index is 818. The van der Waals surface area contributed by atoms with E-state index < -0.39 is 20.6 Å². The van der Waals surface area contributed by atoms with Gasteiger partial charge in [0, 0.05) is 6.07 Å². The van der Waals surface area contributed by atoms with Gasteiger partial charge in [-0.3, -0.25) is 14.9 Å². The molecule has 9 heteroatoms. The minimum Gasteiger partial charge on any atom is -0.490 e. The molecular formula is C13H10N2O6S. The van der Waals surface area contributed by atoms with Gasteiger partial charge in [-0.25, -0.2) is 0 Å². The molecule has 0 fully saturated rings. The van der Waals surface area contributed by atoms with Crippen LogP contribution in [0.15, 0.2) is 51.8 Å². The first-order chi connectivity index (χ1) is 10.3. The van der Waals surface area contributed by atoms with Gasteiger partial charge in [-0.2, -0.15) is 12.8 Å². The number of ether oxygens (including phenoxy) is 1. The number of methoxy groups -OCH3 is 1. The van der Waals surface area contributed by atoms with Crippen molar-refractivity contribution >= 4 is 27.2 Å². The second kappa shape index (κ2) is 5.90. The Morgan fingerprint density at radius 2 is 1.82 bits per heavy atom. The highest BCUT2D eigenvalue weighted by atomic mass is 32.2. The van der Waals surface area contributed by atoms with E-state index in [-0.39, 0.29) is 22.1 Å². The van der Waals surface area contributed by atoms with Gasteiger partial charge in [0.05, 0.1) is 22.6 Å². The van der Waals surface area contributed by atoms with Gasteiger partial charge in [-0.1, -0.05) is 0 Å². The third-order valence-electron chi connectivity index (χ3n) is 2.71. The van der Waals surface area contributed by atoms with Crippen molar-refractivity contribution in [2.45, 2.75) is 4.90 Å². The summed E-state index contributed by atoms with van der Waals surface area (Å²) in [5.41, 5.74) is -0.424. The molecule has 114 valence electrons. The highest BCUT2D eigenvalue weighted by Gasteiger charge is 2.22. The average molecular weight is 322 g/mol. The minimum atomic E-state index is -4.14. The van der Waals surface area contributed by atoms with Gasteiger partial charge in [0.2, 0.25) is 0 Å². The summed E-state index contributed by atoms with van der Waals surface area (Å²) in [5, 5.41) is 10.9. The second-order valence-electron chi connectivity index (χ2n) is 4.15. The fourth-order valence-electron chi connectivity index (χ4n) is 1.67. The van der Waals surface area contributed by atoms with Crippen LogP contribution in [0.1, 0.15) is 0 Å². The number of rotatable bonds is 4. The molecule has 22 heavy (non-hydrogen) atoms. The highest BCUT2D eigenvalue weighted by Crippen LogP contribution is 2.30. The van der Waals surface area contributed by atoms with Crippen LogP contribution in [0.4, 0.5) is 5.69 Å². The Kier molecular flexibility index (Phi) is 4.18. The van der Waals surface area contributed by atoms with Gasteiger partial charge in [0.15, 0.2) is 11.5 Å². The summed E-state index contributed by atoms with van der Waals surface area (Å²) in [6.07, 6.45) is 4.84. The van der Waals surface area contributed by atoms with Crippen LogP contribution >= 0.6 is 0 Å². The first-order valence-electron chi connectivity index (χ1n) is 5.91. The fraction of sp³-hybridized carbons (Fsp3) is 0.0769. The maximum Gasteiger partial charge on any atom is 0.312 e. The van der Waals surface area contributed by atoms with Crippen molar-refractivity contribution in [1.29, 1.82) is 0 Å². The van der Waals surface area contributed by atoms with Crippen LogP contribution in [0, 0.1) is 10.1 Å². The number of hydrogen-bond donors (Lipinski definition) is 0. The Morgan fingerprint density at radius 1 is 1.18 bits per heavy atom. The lowest BCUT2D eigenvalue weighted by molar-refractivity contribution is -0.386. The molecule has 0 amide bonds. The maximum absolute atomic E-state index is 12.2. The SMILES string of the molecule is COc1ccc(S(=O)(=O)N=C2C=CC(=O)C=C2)cc1[N+](=O)[O-]. The zero-order chi connectivity index (χ0) is 16.3. The summed E-state index contributed by atoms with van der Waals surface area (Å²) in [6, 6.07) is 3.22. The number of allylic oxidation sites excluding steroid dienone is 4. The number of ketones is 1. The molecule has 1 aliphatic rings. The zero-order valence-corrected chi connectivity index (χ0v) is 12.1. The minimum absolute atomic E-state index is 0.0538. The Labute approximate surface area is 125 Å². The van der Waals surface area contributed by atoms with Crippen molar-refractivity contribution in [3.8, 4) is 5.75 Å². The normalized spacial score (nSPS) is 14.0. The lowest BCUT2D eigenvalue weighted by Crippen LogP contribution is -2.05. The molecule has 0 atom stereocenters. The number of hydrogen-bond acceptors (Lipinski definition) is 6. The van der Waals surface area contributed by atoms with E-state index in [1.165, 1.54) is 37.5 Å². The fourth-order valence-corrected chi connectivity index (χ4v) is 2.68. The monoisotopic (exact) mass is 322 g/mol. The molecule has 0 spiro atoms. The van der Waals surface area contributed by atoms with Crippen LogP contribution in [0.25, 0.3) is 0 Å². The van der Waals surface area contributed by atoms with Crippen molar-refractivity contribution in [3.05, 3.63) is 52.6 Å². The van der Waals surface area contributed by atoms with E-state index >= 15 is 0 Å². The van der Waals surface area contributed by atoms with Crippen LogP contribution in [0.3, 0.4) is 0 Å². The molecule has 0 saturated heterocycles. The van der Waals surface area contributed by atoms with E-state index in [4.69, 9.17) is 4.74 Å². The second-order valence-corrected chi connectivity index (χ2v) is 5.76. The Balaban J connectivity index is 2.47. The summed E-state index contributed by atoms with van der Waals surface area (Å²) in [5.74, 6) is -0.337. The summed E-state index contributed by atoms with van der Waals surface area (Å²) < 4.78 is 32.6. The van der Waals surface area contributed by atoms with E-state index in [0.29, 0.717) is 0 Å². The summed E-state index contributed by atoms with van der Waals surface area (Å²) in [4.78, 5) is 20.8. The Hall–Kier alpha value is -2.81. The van der Waals surface area contributed by atoms with Crippen LogP contribution < -0.4 is 4.74 Å². The number of benzene rings is 1. The van der Waals surface area contributed by atoms with Gasteiger partial charge < -0.3 is 4.74 Å². The molecular weight excluding hydrogens is 312 g/mol. The number of nitro groups is 1. The lowest BCUT2D eigenvalue weighted by Gasteiger charge is -2.04. The van der Waals surface area contributed by atoms with Crippen LogP contribution in [0.5, 0.6) is 5.75 Å². The standard InChI is InChI=1S/C13H10N2O6S/c1-21-13-7-6-11(8-12(13)15(17)18)22(19,20)14-9-2-4-10(16)5-3-9/h2-8H,1H3. The van der Waals surface area contributed by atoms with Gasteiger partial charge in [-0.15, -0.1) is 0 Å². The van der Waals surface area contributed by atoms with E-state index in [2.05, 4.69) is 4.40 Å². The molecule has 0 aliphatic heterocycles. The van der Waals surface area contributed by atoms with Crippen molar-refractivity contribution in [1.82, 2.24) is 0 Å². The molecule has 0 heterocycles. The van der Waals surface area contributed by atoms with Crippen molar-refractivity contribution in [2.75, 3.05) is 7.11 Å². The van der Waals surface area contributed by atoms with Crippen molar-refractivity contribution < 1.29 is 22.9 Å². The lowest BCUT2D eigenvalue weighted by atomic mass is 10.2.